The van der Waals surface area contributed by atoms with Crippen molar-refractivity contribution in [3.63, 3.8) is 0 Å². The van der Waals surface area contributed by atoms with Gasteiger partial charge in [-0.15, -0.1) is 0 Å². The fourth-order valence-corrected chi connectivity index (χ4v) is 0.850. The second kappa shape index (κ2) is 5.06. The fraction of sp³-hybridized carbons (Fsp3) is 0.333. The lowest BCUT2D eigenvalue weighted by atomic mass is 10.3. The average Bonchev–Trinajstić information content (AvgIpc) is 2.18. The number of nitrogen functional groups attached to an aromatic ring is 1. The van der Waals surface area contributed by atoms with Gasteiger partial charge in [-0.1, -0.05) is 6.92 Å². The minimum Gasteiger partial charge on any atom is -0.449 e. The lowest BCUT2D eigenvalue weighted by Crippen LogP contribution is -2.15. The highest BCUT2D eigenvalue weighted by Crippen LogP contribution is 2.14. The minimum absolute atomic E-state index is 0.395. The summed E-state index contributed by atoms with van der Waals surface area (Å²) < 4.78 is 4.82. The fourth-order valence-electron chi connectivity index (χ4n) is 0.850. The second-order valence-corrected chi connectivity index (χ2v) is 2.72. The molecule has 3 N–H and O–H groups in total. The van der Waals surface area contributed by atoms with Gasteiger partial charge in [0.25, 0.3) is 0 Å². The quantitative estimate of drug-likeness (QED) is 0.768. The predicted molar refractivity (Wildman–Crippen MR) is 53.9 cm³/mol. The van der Waals surface area contributed by atoms with E-state index in [4.69, 9.17) is 10.5 Å². The Morgan fingerprint density at radius 2 is 2.50 bits per heavy atom. The van der Waals surface area contributed by atoms with Gasteiger partial charge in [-0.05, 0) is 12.5 Å². The largest absolute Gasteiger partial charge is 0.449 e. The van der Waals surface area contributed by atoms with Crippen molar-refractivity contribution in [2.45, 2.75) is 13.3 Å². The van der Waals surface area contributed by atoms with E-state index in [1.54, 1.807) is 12.3 Å². The summed E-state index contributed by atoms with van der Waals surface area (Å²) in [7, 11) is 0. The molecule has 1 aromatic rings. The SMILES string of the molecule is CCCOC(=O)Nc1cnccc1N. The molecule has 5 heteroatoms. The zero-order chi connectivity index (χ0) is 10.4. The Morgan fingerprint density at radius 1 is 1.71 bits per heavy atom. The topological polar surface area (TPSA) is 77.2 Å². The molecule has 14 heavy (non-hydrogen) atoms. The lowest BCUT2D eigenvalue weighted by Gasteiger charge is -2.07. The average molecular weight is 195 g/mol. The van der Waals surface area contributed by atoms with E-state index in [2.05, 4.69) is 10.3 Å². The third-order valence-corrected chi connectivity index (χ3v) is 1.53. The molecule has 0 aliphatic rings. The number of hydrogen-bond acceptors (Lipinski definition) is 4. The summed E-state index contributed by atoms with van der Waals surface area (Å²) in [6, 6.07) is 1.61. The van der Waals surface area contributed by atoms with Crippen LogP contribution in [0.15, 0.2) is 18.5 Å². The molecule has 0 bridgehead atoms. The predicted octanol–water partition coefficient (Wildman–Crippen LogP) is 1.62. The maximum Gasteiger partial charge on any atom is 0.411 e. The van der Waals surface area contributed by atoms with Crippen molar-refractivity contribution in [2.24, 2.45) is 0 Å². The number of carbonyl (C=O) groups excluding carboxylic acids is 1. The van der Waals surface area contributed by atoms with E-state index in [0.717, 1.165) is 6.42 Å². The Kier molecular flexibility index (Phi) is 3.72. The molecular weight excluding hydrogens is 182 g/mol. The number of ether oxygens (including phenoxy) is 1. The Hall–Kier alpha value is -1.78. The highest BCUT2D eigenvalue weighted by atomic mass is 16.5. The van der Waals surface area contributed by atoms with E-state index < -0.39 is 6.09 Å². The summed E-state index contributed by atoms with van der Waals surface area (Å²) in [5.41, 5.74) is 6.52. The summed E-state index contributed by atoms with van der Waals surface area (Å²) >= 11 is 0. The molecule has 0 atom stereocenters. The number of nitrogens with two attached hydrogens (primary N) is 1. The smallest absolute Gasteiger partial charge is 0.411 e. The van der Waals surface area contributed by atoms with Crippen LogP contribution in [0, 0.1) is 0 Å². The maximum atomic E-state index is 11.1. The first-order valence-corrected chi connectivity index (χ1v) is 4.37. The number of carbonyl (C=O) groups is 1. The van der Waals surface area contributed by atoms with Crippen molar-refractivity contribution in [1.29, 1.82) is 0 Å². The summed E-state index contributed by atoms with van der Waals surface area (Å²) in [6.07, 6.45) is 3.31. The summed E-state index contributed by atoms with van der Waals surface area (Å²) in [5.74, 6) is 0. The van der Waals surface area contributed by atoms with Gasteiger partial charge in [0.2, 0.25) is 0 Å². The van der Waals surface area contributed by atoms with Crippen LogP contribution in [0.3, 0.4) is 0 Å². The highest BCUT2D eigenvalue weighted by Gasteiger charge is 2.04. The number of rotatable bonds is 3. The molecular formula is C9H13N3O2. The van der Waals surface area contributed by atoms with Gasteiger partial charge in [0.1, 0.15) is 0 Å². The molecule has 0 saturated heterocycles. The van der Waals surface area contributed by atoms with E-state index in [1.807, 2.05) is 6.92 Å². The van der Waals surface area contributed by atoms with Crippen LogP contribution in [0.4, 0.5) is 16.2 Å². The van der Waals surface area contributed by atoms with Gasteiger partial charge < -0.3 is 10.5 Å². The van der Waals surface area contributed by atoms with Crippen molar-refractivity contribution in [1.82, 2.24) is 4.98 Å². The highest BCUT2D eigenvalue weighted by molar-refractivity contribution is 5.88. The van der Waals surface area contributed by atoms with Crippen LogP contribution >= 0.6 is 0 Å². The van der Waals surface area contributed by atoms with Crippen LogP contribution in [-0.2, 0) is 4.74 Å². The minimum atomic E-state index is -0.508. The molecule has 0 saturated carbocycles. The molecule has 0 aliphatic carbocycles. The normalized spacial score (nSPS) is 9.50. The standard InChI is InChI=1S/C9H13N3O2/c1-2-5-14-9(13)12-8-6-11-4-3-7(8)10/h3-4,6H,2,5H2,1H3,(H2,10,11)(H,12,13). The molecule has 76 valence electrons. The first-order valence-electron chi connectivity index (χ1n) is 4.37. The van der Waals surface area contributed by atoms with E-state index >= 15 is 0 Å². The third-order valence-electron chi connectivity index (χ3n) is 1.53. The van der Waals surface area contributed by atoms with Gasteiger partial charge in [0, 0.05) is 6.20 Å². The third kappa shape index (κ3) is 2.93. The van der Waals surface area contributed by atoms with Gasteiger partial charge in [0.05, 0.1) is 24.2 Å². The maximum absolute atomic E-state index is 11.1. The van der Waals surface area contributed by atoms with Crippen LogP contribution in [-0.4, -0.2) is 17.7 Å². The van der Waals surface area contributed by atoms with Gasteiger partial charge in [-0.2, -0.15) is 0 Å². The van der Waals surface area contributed by atoms with E-state index in [1.165, 1.54) is 6.20 Å². The van der Waals surface area contributed by atoms with Crippen LogP contribution < -0.4 is 11.1 Å². The van der Waals surface area contributed by atoms with Crippen molar-refractivity contribution < 1.29 is 9.53 Å². The number of nitrogens with one attached hydrogen (secondary N) is 1. The van der Waals surface area contributed by atoms with Crippen LogP contribution in [0.2, 0.25) is 0 Å². The monoisotopic (exact) mass is 195 g/mol. The van der Waals surface area contributed by atoms with Crippen LogP contribution in [0.1, 0.15) is 13.3 Å². The summed E-state index contributed by atoms with van der Waals surface area (Å²) in [6.45, 7) is 2.32. The van der Waals surface area contributed by atoms with Gasteiger partial charge in [0.15, 0.2) is 0 Å². The zero-order valence-electron chi connectivity index (χ0n) is 7.99. The first-order chi connectivity index (χ1) is 6.74. The van der Waals surface area contributed by atoms with Crippen LogP contribution in [0.5, 0.6) is 0 Å². The summed E-state index contributed by atoms with van der Waals surface area (Å²) in [4.78, 5) is 14.9. The van der Waals surface area contributed by atoms with E-state index in [9.17, 15) is 4.79 Å². The number of anilines is 2. The molecule has 1 rings (SSSR count). The number of amides is 1. The van der Waals surface area contributed by atoms with Gasteiger partial charge in [-0.25, -0.2) is 4.79 Å². The van der Waals surface area contributed by atoms with Gasteiger partial charge >= 0.3 is 6.09 Å². The van der Waals surface area contributed by atoms with Crippen molar-refractivity contribution in [3.05, 3.63) is 18.5 Å². The molecule has 0 aromatic carbocycles. The number of nitrogens with zero attached hydrogens (tertiary/aromatic N) is 1. The molecule has 0 spiro atoms. The number of aromatic nitrogens is 1. The first kappa shape index (κ1) is 10.3. The molecule has 1 heterocycles. The molecule has 0 radical (unpaired) electrons. The Balaban J connectivity index is 2.52. The summed E-state index contributed by atoms with van der Waals surface area (Å²) in [5, 5.41) is 2.50. The van der Waals surface area contributed by atoms with E-state index in [0.29, 0.717) is 18.0 Å². The molecule has 0 unspecified atom stereocenters. The van der Waals surface area contributed by atoms with Crippen molar-refractivity contribution in [3.8, 4) is 0 Å². The van der Waals surface area contributed by atoms with Crippen molar-refractivity contribution in [2.75, 3.05) is 17.7 Å². The Morgan fingerprint density at radius 3 is 3.14 bits per heavy atom. The molecule has 1 aromatic heterocycles. The molecule has 1 amide bonds. The van der Waals surface area contributed by atoms with Crippen molar-refractivity contribution >= 4 is 17.5 Å². The molecule has 5 nitrogen and oxygen atoms in total. The van der Waals surface area contributed by atoms with Gasteiger partial charge in [-0.3, -0.25) is 10.3 Å². The zero-order valence-corrected chi connectivity index (χ0v) is 7.99. The Labute approximate surface area is 82.3 Å². The molecule has 0 aliphatic heterocycles. The number of pyridine rings is 1. The molecule has 0 fully saturated rings. The lowest BCUT2D eigenvalue weighted by molar-refractivity contribution is 0.161. The Bertz CT molecular complexity index is 315. The van der Waals surface area contributed by atoms with Crippen LogP contribution in [0.25, 0.3) is 0 Å². The number of hydrogen-bond donors (Lipinski definition) is 2. The van der Waals surface area contributed by atoms with E-state index in [-0.39, 0.29) is 0 Å². The second-order valence-electron chi connectivity index (χ2n) is 2.72.